The van der Waals surface area contributed by atoms with Crippen molar-refractivity contribution in [1.29, 1.82) is 0 Å². The van der Waals surface area contributed by atoms with Crippen molar-refractivity contribution in [2.45, 2.75) is 18.9 Å². The van der Waals surface area contributed by atoms with Crippen LogP contribution in [0.4, 0.5) is 28.8 Å². The summed E-state index contributed by atoms with van der Waals surface area (Å²) in [7, 11) is 1.07. The molecular formula is C27H32BrN8O2P. The van der Waals surface area contributed by atoms with Gasteiger partial charge in [0.25, 0.3) is 0 Å². The number of hydrogen-bond acceptors (Lipinski definition) is 10. The zero-order valence-corrected chi connectivity index (χ0v) is 24.9. The van der Waals surface area contributed by atoms with Crippen LogP contribution in [-0.4, -0.2) is 71.5 Å². The number of nitrogens with one attached hydrogen (secondary N) is 3. The SMILES string of the molecule is COc1ccc(NC2CCN(C)CC2)cc1Nc1ncc(Br)c(Nc2ccc3nccnc3c2P(C)(C)=O)n1. The van der Waals surface area contributed by atoms with Crippen LogP contribution < -0.4 is 26.0 Å². The number of piperidine rings is 1. The molecule has 0 amide bonds. The molecule has 0 radical (unpaired) electrons. The Bertz CT molecular complexity index is 1540. The standard InChI is InChI=1S/C27H32BrN8O2P/c1-36-13-9-17(10-14-36)32-18-5-8-23(38-2)22(15-18)34-27-31-16-19(28)26(35-27)33-21-7-6-20-24(30-12-11-29-20)25(21)39(3,4)37/h5-8,11-12,15-17,32H,9-10,13-14H2,1-4H3,(H2,31,33,34,35). The van der Waals surface area contributed by atoms with Crippen LogP contribution in [0.3, 0.4) is 0 Å². The Kier molecular flexibility index (Phi) is 8.02. The number of rotatable bonds is 8. The van der Waals surface area contributed by atoms with E-state index in [-0.39, 0.29) is 0 Å². The topological polar surface area (TPSA) is 117 Å². The number of hydrogen-bond donors (Lipinski definition) is 3. The highest BCUT2D eigenvalue weighted by Crippen LogP contribution is 2.41. The first-order chi connectivity index (χ1) is 18.7. The summed E-state index contributed by atoms with van der Waals surface area (Å²) in [6, 6.07) is 10.1. The second-order valence-electron chi connectivity index (χ2n) is 10.0. The van der Waals surface area contributed by atoms with Crippen molar-refractivity contribution < 1.29 is 9.30 Å². The molecule has 0 aliphatic carbocycles. The molecule has 0 spiro atoms. The van der Waals surface area contributed by atoms with Crippen molar-refractivity contribution in [3.05, 3.63) is 53.4 Å². The first-order valence-corrected chi connectivity index (χ1v) is 16.1. The molecule has 39 heavy (non-hydrogen) atoms. The number of anilines is 5. The van der Waals surface area contributed by atoms with Crippen molar-refractivity contribution in [2.24, 2.45) is 0 Å². The fraction of sp³-hybridized carbons (Fsp3) is 0.333. The van der Waals surface area contributed by atoms with E-state index >= 15 is 0 Å². The van der Waals surface area contributed by atoms with Gasteiger partial charge in [0.05, 0.1) is 33.8 Å². The van der Waals surface area contributed by atoms with Gasteiger partial charge in [-0.25, -0.2) is 4.98 Å². The lowest BCUT2D eigenvalue weighted by molar-refractivity contribution is 0.264. The molecule has 0 unspecified atom stereocenters. The van der Waals surface area contributed by atoms with E-state index in [0.29, 0.717) is 50.1 Å². The maximum atomic E-state index is 13.3. The van der Waals surface area contributed by atoms with Crippen molar-refractivity contribution in [1.82, 2.24) is 24.8 Å². The van der Waals surface area contributed by atoms with Gasteiger partial charge in [0.15, 0.2) is 0 Å². The number of fused-ring (bicyclic) bond motifs is 1. The van der Waals surface area contributed by atoms with Gasteiger partial charge in [-0.3, -0.25) is 9.97 Å². The lowest BCUT2D eigenvalue weighted by atomic mass is 10.1. The molecule has 0 saturated carbocycles. The smallest absolute Gasteiger partial charge is 0.229 e. The molecule has 5 rings (SSSR count). The molecule has 0 atom stereocenters. The number of methoxy groups -OCH3 is 1. The van der Waals surface area contributed by atoms with Crippen LogP contribution in [0.5, 0.6) is 5.75 Å². The van der Waals surface area contributed by atoms with E-state index in [1.165, 1.54) is 0 Å². The second-order valence-corrected chi connectivity index (χ2v) is 14.0. The van der Waals surface area contributed by atoms with E-state index in [4.69, 9.17) is 9.72 Å². The maximum Gasteiger partial charge on any atom is 0.229 e. The molecule has 204 valence electrons. The molecule has 10 nitrogen and oxygen atoms in total. The predicted molar refractivity (Wildman–Crippen MR) is 162 cm³/mol. The van der Waals surface area contributed by atoms with Gasteiger partial charge < -0.3 is 30.2 Å². The van der Waals surface area contributed by atoms with E-state index in [1.807, 2.05) is 30.3 Å². The molecule has 4 aromatic rings. The summed E-state index contributed by atoms with van der Waals surface area (Å²) in [5, 5.41) is 10.9. The van der Waals surface area contributed by atoms with E-state index < -0.39 is 7.14 Å². The van der Waals surface area contributed by atoms with E-state index in [9.17, 15) is 4.57 Å². The molecular weight excluding hydrogens is 579 g/mol. The molecule has 3 N–H and O–H groups in total. The van der Waals surface area contributed by atoms with Gasteiger partial charge in [-0.2, -0.15) is 4.98 Å². The van der Waals surface area contributed by atoms with Crippen molar-refractivity contribution in [3.8, 4) is 5.75 Å². The van der Waals surface area contributed by atoms with Gasteiger partial charge in [0.1, 0.15) is 24.2 Å². The van der Waals surface area contributed by atoms with Gasteiger partial charge in [0, 0.05) is 30.3 Å². The molecule has 12 heteroatoms. The minimum absolute atomic E-state index is 0.383. The number of halogens is 1. The Morgan fingerprint density at radius 3 is 2.54 bits per heavy atom. The zero-order valence-electron chi connectivity index (χ0n) is 22.4. The summed E-state index contributed by atoms with van der Waals surface area (Å²) in [5.41, 5.74) is 3.71. The fourth-order valence-electron chi connectivity index (χ4n) is 4.72. The van der Waals surface area contributed by atoms with Crippen molar-refractivity contribution in [2.75, 3.05) is 56.5 Å². The summed E-state index contributed by atoms with van der Waals surface area (Å²) < 4.78 is 19.6. The molecule has 2 aromatic carbocycles. The molecule has 0 bridgehead atoms. The summed E-state index contributed by atoms with van der Waals surface area (Å²) >= 11 is 3.55. The molecule has 1 fully saturated rings. The normalized spacial score (nSPS) is 14.8. The molecule has 1 aliphatic rings. The van der Waals surface area contributed by atoms with Crippen LogP contribution in [0.15, 0.2) is 53.4 Å². The first-order valence-electron chi connectivity index (χ1n) is 12.7. The predicted octanol–water partition coefficient (Wildman–Crippen LogP) is 5.43. The van der Waals surface area contributed by atoms with Crippen LogP contribution in [0.2, 0.25) is 0 Å². The third kappa shape index (κ3) is 6.32. The van der Waals surface area contributed by atoms with Gasteiger partial charge >= 0.3 is 0 Å². The molecule has 1 saturated heterocycles. The largest absolute Gasteiger partial charge is 0.495 e. The van der Waals surface area contributed by atoms with Gasteiger partial charge in [-0.05, 0) is 92.6 Å². The summed E-state index contributed by atoms with van der Waals surface area (Å²) in [6.07, 6.45) is 7.10. The van der Waals surface area contributed by atoms with Gasteiger partial charge in [-0.1, -0.05) is 0 Å². The number of ether oxygens (including phenoxy) is 1. The van der Waals surface area contributed by atoms with E-state index in [1.54, 1.807) is 39.0 Å². The number of nitrogens with zero attached hydrogens (tertiary/aromatic N) is 5. The summed E-state index contributed by atoms with van der Waals surface area (Å²) in [6.45, 7) is 5.61. The monoisotopic (exact) mass is 610 g/mol. The highest BCUT2D eigenvalue weighted by molar-refractivity contribution is 9.10. The average molecular weight is 611 g/mol. The lowest BCUT2D eigenvalue weighted by Gasteiger charge is -2.30. The van der Waals surface area contributed by atoms with Crippen LogP contribution >= 0.6 is 23.1 Å². The quantitative estimate of drug-likeness (QED) is 0.223. The summed E-state index contributed by atoms with van der Waals surface area (Å²) in [5.74, 6) is 1.58. The first kappa shape index (κ1) is 27.3. The summed E-state index contributed by atoms with van der Waals surface area (Å²) in [4.78, 5) is 20.4. The third-order valence-corrected chi connectivity index (χ3v) is 8.79. The minimum atomic E-state index is -2.72. The average Bonchev–Trinajstić information content (AvgIpc) is 2.91. The highest BCUT2D eigenvalue weighted by Gasteiger charge is 2.22. The van der Waals surface area contributed by atoms with Gasteiger partial charge in [0.2, 0.25) is 5.95 Å². The number of likely N-dealkylation sites (tertiary alicyclic amines) is 1. The van der Waals surface area contributed by atoms with E-state index in [2.05, 4.69) is 58.8 Å². The van der Waals surface area contributed by atoms with Crippen LogP contribution in [0, 0.1) is 0 Å². The van der Waals surface area contributed by atoms with Crippen LogP contribution in [-0.2, 0) is 4.57 Å². The maximum absolute atomic E-state index is 13.3. The zero-order chi connectivity index (χ0) is 27.6. The Morgan fingerprint density at radius 1 is 1.03 bits per heavy atom. The van der Waals surface area contributed by atoms with Crippen LogP contribution in [0.1, 0.15) is 12.8 Å². The number of benzene rings is 2. The van der Waals surface area contributed by atoms with Crippen molar-refractivity contribution in [3.63, 3.8) is 0 Å². The van der Waals surface area contributed by atoms with E-state index in [0.717, 1.165) is 37.3 Å². The highest BCUT2D eigenvalue weighted by atomic mass is 79.9. The Labute approximate surface area is 236 Å². The van der Waals surface area contributed by atoms with Gasteiger partial charge in [-0.15, -0.1) is 0 Å². The molecule has 1 aliphatic heterocycles. The molecule has 3 heterocycles. The van der Waals surface area contributed by atoms with Crippen LogP contribution in [0.25, 0.3) is 11.0 Å². The third-order valence-electron chi connectivity index (χ3n) is 6.68. The second kappa shape index (κ2) is 11.5. The Morgan fingerprint density at radius 2 is 1.79 bits per heavy atom. The minimum Gasteiger partial charge on any atom is -0.495 e. The Balaban J connectivity index is 1.42. The Hall–Kier alpha value is -3.27. The molecule has 2 aromatic heterocycles. The lowest BCUT2D eigenvalue weighted by Crippen LogP contribution is -2.36. The van der Waals surface area contributed by atoms with Crippen molar-refractivity contribution >= 4 is 68.2 Å². The number of aromatic nitrogens is 4. The fourth-order valence-corrected chi connectivity index (χ4v) is 6.40.